The normalized spacial score (nSPS) is 12.5. The van der Waals surface area contributed by atoms with E-state index in [1.54, 1.807) is 36.3 Å². The Labute approximate surface area is 143 Å². The van der Waals surface area contributed by atoms with Gasteiger partial charge in [0.1, 0.15) is 5.69 Å². The summed E-state index contributed by atoms with van der Waals surface area (Å²) in [7, 11) is 0. The number of carbonyl (C=O) groups excluding carboxylic acids is 1. The second-order valence-electron chi connectivity index (χ2n) is 4.58. The van der Waals surface area contributed by atoms with E-state index in [4.69, 9.17) is 11.6 Å². The molecule has 2 heterocycles. The van der Waals surface area contributed by atoms with Gasteiger partial charge >= 0.3 is 0 Å². The molecule has 0 aliphatic carbocycles. The van der Waals surface area contributed by atoms with Crippen molar-refractivity contribution in [1.29, 1.82) is 0 Å². The second kappa shape index (κ2) is 8.12. The molecule has 0 saturated carbocycles. The largest absolute Gasteiger partial charge is 0.308 e. The van der Waals surface area contributed by atoms with Crippen LogP contribution in [0.5, 0.6) is 0 Å². The molecule has 1 unspecified atom stereocenters. The van der Waals surface area contributed by atoms with Crippen molar-refractivity contribution in [3.05, 3.63) is 47.6 Å². The van der Waals surface area contributed by atoms with Gasteiger partial charge < -0.3 is 4.90 Å². The number of amides is 1. The lowest BCUT2D eigenvalue weighted by atomic mass is 10.3. The van der Waals surface area contributed by atoms with Crippen LogP contribution in [0.2, 0.25) is 5.15 Å². The van der Waals surface area contributed by atoms with Crippen LogP contribution in [0, 0.1) is 0 Å². The molecule has 0 bridgehead atoms. The van der Waals surface area contributed by atoms with Gasteiger partial charge in [-0.25, -0.2) is 9.07 Å². The third-order valence-electron chi connectivity index (χ3n) is 3.12. The van der Waals surface area contributed by atoms with Crippen molar-refractivity contribution in [3.8, 4) is 5.69 Å². The third kappa shape index (κ3) is 4.11. The van der Waals surface area contributed by atoms with E-state index in [2.05, 4.69) is 10.1 Å². The predicted molar refractivity (Wildman–Crippen MR) is 91.7 cm³/mol. The van der Waals surface area contributed by atoms with E-state index in [0.29, 0.717) is 18.6 Å². The monoisotopic (exact) mass is 354 g/mol. The molecule has 0 fully saturated rings. The summed E-state index contributed by atoms with van der Waals surface area (Å²) >= 11 is 7.30. The SMILES string of the molecule is CCN(C(=O)C(C)S/C=C/F)c1cn(-c2cccnc2)nc1Cl. The van der Waals surface area contributed by atoms with Crippen LogP contribution in [0.1, 0.15) is 13.8 Å². The van der Waals surface area contributed by atoms with E-state index < -0.39 is 5.25 Å². The summed E-state index contributed by atoms with van der Waals surface area (Å²) in [6.07, 6.45) is 5.41. The van der Waals surface area contributed by atoms with Gasteiger partial charge in [0.05, 0.1) is 29.7 Å². The molecule has 23 heavy (non-hydrogen) atoms. The average Bonchev–Trinajstić information content (AvgIpc) is 2.96. The van der Waals surface area contributed by atoms with Crippen molar-refractivity contribution >= 4 is 35.0 Å². The van der Waals surface area contributed by atoms with Gasteiger partial charge in [0.25, 0.3) is 0 Å². The predicted octanol–water partition coefficient (Wildman–Crippen LogP) is 3.84. The fourth-order valence-corrected chi connectivity index (χ4v) is 2.79. The van der Waals surface area contributed by atoms with Gasteiger partial charge in [-0.05, 0) is 31.4 Å². The van der Waals surface area contributed by atoms with Crippen LogP contribution in [-0.2, 0) is 4.79 Å². The van der Waals surface area contributed by atoms with Crippen LogP contribution >= 0.6 is 23.4 Å². The number of halogens is 2. The van der Waals surface area contributed by atoms with Crippen molar-refractivity contribution in [2.45, 2.75) is 19.1 Å². The first-order valence-electron chi connectivity index (χ1n) is 6.96. The summed E-state index contributed by atoms with van der Waals surface area (Å²) in [5, 5.41) is 5.26. The standard InChI is InChI=1S/C15H16ClFN4OS/c1-3-20(15(22)11(2)23-8-6-17)13-10-21(19-14(13)16)12-5-4-7-18-9-12/h4-11H,3H2,1-2H3/b8-6+. The number of carbonyl (C=O) groups is 1. The quantitative estimate of drug-likeness (QED) is 0.791. The minimum absolute atomic E-state index is 0.164. The first-order chi connectivity index (χ1) is 11.1. The fourth-order valence-electron chi connectivity index (χ4n) is 2.02. The molecule has 1 amide bonds. The van der Waals surface area contributed by atoms with Gasteiger partial charge in [-0.15, -0.1) is 11.8 Å². The lowest BCUT2D eigenvalue weighted by Crippen LogP contribution is -2.36. The molecule has 0 aliphatic rings. The zero-order chi connectivity index (χ0) is 16.8. The van der Waals surface area contributed by atoms with Crippen LogP contribution in [0.25, 0.3) is 5.69 Å². The molecule has 1 atom stereocenters. The zero-order valence-electron chi connectivity index (χ0n) is 12.7. The summed E-state index contributed by atoms with van der Waals surface area (Å²) in [4.78, 5) is 18.1. The van der Waals surface area contributed by atoms with Crippen LogP contribution in [0.4, 0.5) is 10.1 Å². The summed E-state index contributed by atoms with van der Waals surface area (Å²) in [6, 6.07) is 3.62. The summed E-state index contributed by atoms with van der Waals surface area (Å²) < 4.78 is 13.7. The van der Waals surface area contributed by atoms with Gasteiger partial charge in [-0.1, -0.05) is 11.6 Å². The molecule has 8 heteroatoms. The molecule has 0 aromatic carbocycles. The highest BCUT2D eigenvalue weighted by Crippen LogP contribution is 2.28. The Bertz CT molecular complexity index is 692. The topological polar surface area (TPSA) is 51.0 Å². The first kappa shape index (κ1) is 17.5. The summed E-state index contributed by atoms with van der Waals surface area (Å²) in [6.45, 7) is 3.99. The Kier molecular flexibility index (Phi) is 6.18. The summed E-state index contributed by atoms with van der Waals surface area (Å²) in [5.74, 6) is -0.164. The fraction of sp³-hybridized carbons (Fsp3) is 0.267. The molecule has 5 nitrogen and oxygen atoms in total. The van der Waals surface area contributed by atoms with Crippen LogP contribution < -0.4 is 4.90 Å². The summed E-state index contributed by atoms with van der Waals surface area (Å²) in [5.41, 5.74) is 1.26. The molecule has 0 radical (unpaired) electrons. The third-order valence-corrected chi connectivity index (χ3v) is 4.26. The Morgan fingerprint density at radius 2 is 2.39 bits per heavy atom. The smallest absolute Gasteiger partial charge is 0.240 e. The van der Waals surface area contributed by atoms with E-state index in [1.165, 1.54) is 10.3 Å². The van der Waals surface area contributed by atoms with E-state index in [9.17, 15) is 9.18 Å². The molecular weight excluding hydrogens is 339 g/mol. The highest BCUT2D eigenvalue weighted by Gasteiger charge is 2.24. The van der Waals surface area contributed by atoms with Gasteiger partial charge in [-0.3, -0.25) is 9.78 Å². The van der Waals surface area contributed by atoms with E-state index in [-0.39, 0.29) is 11.1 Å². The maximum atomic E-state index is 12.5. The van der Waals surface area contributed by atoms with Gasteiger partial charge in [0.15, 0.2) is 5.15 Å². The van der Waals surface area contributed by atoms with Crippen molar-refractivity contribution in [3.63, 3.8) is 0 Å². The Morgan fingerprint density at radius 3 is 3.00 bits per heavy atom. The lowest BCUT2D eigenvalue weighted by Gasteiger charge is -2.22. The van der Waals surface area contributed by atoms with Crippen LogP contribution in [-0.4, -0.2) is 32.5 Å². The number of pyridine rings is 1. The molecule has 2 aromatic rings. The lowest BCUT2D eigenvalue weighted by molar-refractivity contribution is -0.117. The molecule has 0 saturated heterocycles. The zero-order valence-corrected chi connectivity index (χ0v) is 14.3. The minimum Gasteiger partial charge on any atom is -0.308 e. The van der Waals surface area contributed by atoms with Crippen LogP contribution in [0.3, 0.4) is 0 Å². The molecule has 2 rings (SSSR count). The molecular formula is C15H16ClFN4OS. The molecule has 122 valence electrons. The Morgan fingerprint density at radius 1 is 1.61 bits per heavy atom. The number of hydrogen-bond donors (Lipinski definition) is 0. The van der Waals surface area contributed by atoms with E-state index in [0.717, 1.165) is 17.4 Å². The second-order valence-corrected chi connectivity index (χ2v) is 6.19. The Hall–Kier alpha value is -1.86. The number of rotatable bonds is 6. The average molecular weight is 355 g/mol. The number of hydrogen-bond acceptors (Lipinski definition) is 4. The van der Waals surface area contributed by atoms with Crippen LogP contribution in [0.15, 0.2) is 42.5 Å². The number of nitrogens with zero attached hydrogens (tertiary/aromatic N) is 4. The molecule has 0 aliphatic heterocycles. The van der Waals surface area contributed by atoms with E-state index >= 15 is 0 Å². The number of anilines is 1. The van der Waals surface area contributed by atoms with Crippen molar-refractivity contribution in [1.82, 2.24) is 14.8 Å². The Balaban J connectivity index is 2.28. The number of thioether (sulfide) groups is 1. The van der Waals surface area contributed by atoms with Gasteiger partial charge in [-0.2, -0.15) is 5.10 Å². The highest BCUT2D eigenvalue weighted by molar-refractivity contribution is 8.03. The van der Waals surface area contributed by atoms with Crippen molar-refractivity contribution in [2.75, 3.05) is 11.4 Å². The highest BCUT2D eigenvalue weighted by atomic mass is 35.5. The number of aromatic nitrogens is 3. The molecule has 0 spiro atoms. The van der Waals surface area contributed by atoms with Gasteiger partial charge in [0.2, 0.25) is 5.91 Å². The van der Waals surface area contributed by atoms with Crippen molar-refractivity contribution < 1.29 is 9.18 Å². The van der Waals surface area contributed by atoms with Crippen molar-refractivity contribution in [2.24, 2.45) is 0 Å². The minimum atomic E-state index is -0.431. The maximum absolute atomic E-state index is 12.5. The first-order valence-corrected chi connectivity index (χ1v) is 8.28. The molecule has 0 N–H and O–H groups in total. The molecule has 2 aromatic heterocycles. The van der Waals surface area contributed by atoms with Gasteiger partial charge in [0, 0.05) is 12.7 Å². The van der Waals surface area contributed by atoms with E-state index in [1.807, 2.05) is 13.0 Å². The maximum Gasteiger partial charge on any atom is 0.240 e.